The van der Waals surface area contributed by atoms with Gasteiger partial charge in [0.15, 0.2) is 0 Å². The van der Waals surface area contributed by atoms with E-state index in [0.717, 1.165) is 47.7 Å². The van der Waals surface area contributed by atoms with Crippen LogP contribution in [0, 0.1) is 0 Å². The van der Waals surface area contributed by atoms with E-state index in [4.69, 9.17) is 0 Å². The molecule has 5 rings (SSSR count). The van der Waals surface area contributed by atoms with Crippen LogP contribution in [0.4, 0.5) is 0 Å². The Balaban J connectivity index is 1.49. The van der Waals surface area contributed by atoms with Crippen molar-refractivity contribution < 1.29 is 22.8 Å². The van der Waals surface area contributed by atoms with Crippen LogP contribution in [0.1, 0.15) is 53.6 Å². The molecule has 0 radical (unpaired) electrons. The van der Waals surface area contributed by atoms with Crippen molar-refractivity contribution in [3.63, 3.8) is 0 Å². The molecule has 1 aliphatic heterocycles. The van der Waals surface area contributed by atoms with Gasteiger partial charge in [0.1, 0.15) is 17.5 Å². The molecule has 0 spiro atoms. The maximum absolute atomic E-state index is 14.1. The fraction of sp³-hybridized carbons (Fsp3) is 0.323. The first-order valence-electron chi connectivity index (χ1n) is 13.8. The first-order valence-corrected chi connectivity index (χ1v) is 16.0. The Morgan fingerprint density at radius 3 is 2.32 bits per heavy atom. The number of nitrogens with zero attached hydrogens (tertiary/aromatic N) is 2. The zero-order valence-corrected chi connectivity index (χ0v) is 24.9. The Morgan fingerprint density at radius 2 is 1.61 bits per heavy atom. The summed E-state index contributed by atoms with van der Waals surface area (Å²) in [5.41, 5.74) is 1.66. The lowest BCUT2D eigenvalue weighted by Crippen LogP contribution is -2.55. The smallest absolute Gasteiger partial charge is 0.269 e. The molecule has 1 fully saturated rings. The normalized spacial score (nSPS) is 17.1. The van der Waals surface area contributed by atoms with Crippen LogP contribution in [0.2, 0.25) is 0 Å². The van der Waals surface area contributed by atoms with Crippen molar-refractivity contribution in [2.24, 2.45) is 0 Å². The van der Waals surface area contributed by atoms with Gasteiger partial charge in [0.2, 0.25) is 11.8 Å². The van der Waals surface area contributed by atoms with Crippen molar-refractivity contribution >= 4 is 43.7 Å². The lowest BCUT2D eigenvalue weighted by Gasteiger charge is -2.34. The molecule has 3 aromatic carbocycles. The number of hydrogen-bond donors (Lipinski definition) is 1. The van der Waals surface area contributed by atoms with Gasteiger partial charge in [-0.1, -0.05) is 89.8 Å². The molecule has 1 heterocycles. The van der Waals surface area contributed by atoms with E-state index in [0.29, 0.717) is 4.31 Å². The second-order valence-corrected chi connectivity index (χ2v) is 13.3. The van der Waals surface area contributed by atoms with E-state index < -0.39 is 34.4 Å². The molecule has 214 valence electrons. The van der Waals surface area contributed by atoms with Crippen LogP contribution in [-0.2, 0) is 32.6 Å². The Morgan fingerprint density at radius 1 is 0.927 bits per heavy atom. The van der Waals surface area contributed by atoms with E-state index in [1.54, 1.807) is 12.1 Å². The number of carbonyl (C=O) groups is 3. The number of rotatable bonds is 9. The van der Waals surface area contributed by atoms with Gasteiger partial charge in [-0.25, -0.2) is 12.7 Å². The molecule has 0 aromatic heterocycles. The van der Waals surface area contributed by atoms with Crippen molar-refractivity contribution in [1.29, 1.82) is 0 Å². The van der Waals surface area contributed by atoms with Crippen LogP contribution in [0.3, 0.4) is 0 Å². The molecule has 2 aliphatic rings. The largest absolute Gasteiger partial charge is 0.352 e. The second kappa shape index (κ2) is 12.6. The monoisotopic (exact) mass is 637 g/mol. The second-order valence-electron chi connectivity index (χ2n) is 10.5. The lowest BCUT2D eigenvalue weighted by atomic mass is 9.94. The van der Waals surface area contributed by atoms with Gasteiger partial charge in [-0.2, -0.15) is 0 Å². The molecule has 8 nitrogen and oxygen atoms in total. The summed E-state index contributed by atoms with van der Waals surface area (Å²) in [4.78, 5) is 42.4. The van der Waals surface area contributed by atoms with E-state index in [1.807, 2.05) is 54.6 Å². The van der Waals surface area contributed by atoms with Crippen LogP contribution in [0.15, 0.2) is 88.2 Å². The summed E-state index contributed by atoms with van der Waals surface area (Å²) in [5, 5.41) is 3.16. The predicted octanol–water partition coefficient (Wildman–Crippen LogP) is 4.68. The molecular weight excluding hydrogens is 606 g/mol. The van der Waals surface area contributed by atoms with E-state index in [9.17, 15) is 22.8 Å². The third kappa shape index (κ3) is 6.54. The Bertz CT molecular complexity index is 1540. The summed E-state index contributed by atoms with van der Waals surface area (Å²) in [6.45, 7) is -0.644. The first kappa shape index (κ1) is 29.0. The highest BCUT2D eigenvalue weighted by molar-refractivity contribution is 9.10. The molecule has 1 saturated carbocycles. The highest BCUT2D eigenvalue weighted by Gasteiger charge is 2.43. The number of fused-ring (bicyclic) bond motifs is 1. The van der Waals surface area contributed by atoms with Gasteiger partial charge in [-0.05, 0) is 48.2 Å². The van der Waals surface area contributed by atoms with Gasteiger partial charge in [0, 0.05) is 23.5 Å². The number of benzene rings is 3. The average molecular weight is 639 g/mol. The summed E-state index contributed by atoms with van der Waals surface area (Å²) in [6.07, 6.45) is 5.19. The number of amides is 3. The zero-order chi connectivity index (χ0) is 29.0. The molecule has 10 heteroatoms. The van der Waals surface area contributed by atoms with E-state index in [-0.39, 0.29) is 35.4 Å². The van der Waals surface area contributed by atoms with Crippen molar-refractivity contribution in [2.75, 3.05) is 6.54 Å². The molecular formula is C31H32BrN3O5S. The van der Waals surface area contributed by atoms with Crippen molar-refractivity contribution in [1.82, 2.24) is 14.5 Å². The topological polar surface area (TPSA) is 104 Å². The third-order valence-corrected chi connectivity index (χ3v) is 9.94. The maximum atomic E-state index is 14.1. The van der Waals surface area contributed by atoms with Crippen molar-refractivity contribution in [2.45, 2.75) is 62.0 Å². The highest BCUT2D eigenvalue weighted by Crippen LogP contribution is 2.30. The van der Waals surface area contributed by atoms with Crippen LogP contribution in [-0.4, -0.2) is 54.0 Å². The third-order valence-electron chi connectivity index (χ3n) is 7.66. The van der Waals surface area contributed by atoms with Crippen molar-refractivity contribution in [3.8, 4) is 0 Å². The molecule has 41 heavy (non-hydrogen) atoms. The van der Waals surface area contributed by atoms with Gasteiger partial charge >= 0.3 is 0 Å². The summed E-state index contributed by atoms with van der Waals surface area (Å²) in [5.74, 6) is -1.67. The van der Waals surface area contributed by atoms with Gasteiger partial charge in [-0.15, -0.1) is 0 Å². The molecule has 1 aliphatic carbocycles. The molecule has 1 atom stereocenters. The number of hydrogen-bond acceptors (Lipinski definition) is 5. The fourth-order valence-corrected chi connectivity index (χ4v) is 7.50. The molecule has 3 amide bonds. The fourth-order valence-electron chi connectivity index (χ4n) is 5.53. The average Bonchev–Trinajstić information content (AvgIpc) is 3.16. The summed E-state index contributed by atoms with van der Waals surface area (Å²) in [6, 6.07) is 21.8. The van der Waals surface area contributed by atoms with E-state index >= 15 is 0 Å². The summed E-state index contributed by atoms with van der Waals surface area (Å²) >= 11 is 3.47. The van der Waals surface area contributed by atoms with Crippen LogP contribution < -0.4 is 5.32 Å². The summed E-state index contributed by atoms with van der Waals surface area (Å²) < 4.78 is 27.9. The molecule has 0 bridgehead atoms. The van der Waals surface area contributed by atoms with Gasteiger partial charge < -0.3 is 10.2 Å². The SMILES string of the molecule is O=C(NC1CCCCC1)C(Cc1ccccc1)N(Cc1cccc(Br)c1)C(=O)CN1C(=O)c2ccccc2S1(=O)=O. The molecule has 3 aromatic rings. The van der Waals surface area contributed by atoms with E-state index in [2.05, 4.69) is 21.2 Å². The minimum Gasteiger partial charge on any atom is -0.352 e. The number of nitrogens with one attached hydrogen (secondary N) is 1. The quantitative estimate of drug-likeness (QED) is 0.367. The lowest BCUT2D eigenvalue weighted by molar-refractivity contribution is -0.141. The number of sulfonamides is 1. The predicted molar refractivity (Wildman–Crippen MR) is 158 cm³/mol. The van der Waals surface area contributed by atoms with Gasteiger partial charge in [0.25, 0.3) is 15.9 Å². The minimum atomic E-state index is -4.20. The minimum absolute atomic E-state index is 0.0207. The first-order chi connectivity index (χ1) is 19.7. The standard InChI is InChI=1S/C31H32BrN3O5S/c32-24-13-9-12-23(18-24)20-34(29(36)21-35-31(38)26-16-7-8-17-28(26)41(35,39)40)27(19-22-10-3-1-4-11-22)30(37)33-25-14-5-2-6-15-25/h1,3-4,7-13,16-18,25,27H,2,5-6,14-15,19-21H2,(H,33,37). The van der Waals surface area contributed by atoms with E-state index in [1.165, 1.54) is 17.0 Å². The molecule has 0 saturated heterocycles. The number of halogens is 1. The van der Waals surface area contributed by atoms with Crippen LogP contribution >= 0.6 is 15.9 Å². The van der Waals surface area contributed by atoms with Gasteiger partial charge in [-0.3, -0.25) is 14.4 Å². The van der Waals surface area contributed by atoms with Crippen LogP contribution in [0.25, 0.3) is 0 Å². The molecule has 1 N–H and O–H groups in total. The zero-order valence-electron chi connectivity index (χ0n) is 22.5. The maximum Gasteiger partial charge on any atom is 0.269 e. The van der Waals surface area contributed by atoms with Crippen LogP contribution in [0.5, 0.6) is 0 Å². The Kier molecular flexibility index (Phi) is 8.89. The van der Waals surface area contributed by atoms with Crippen molar-refractivity contribution in [3.05, 3.63) is 100 Å². The van der Waals surface area contributed by atoms with Gasteiger partial charge in [0.05, 0.1) is 5.56 Å². The molecule has 1 unspecified atom stereocenters. The highest BCUT2D eigenvalue weighted by atomic mass is 79.9. The summed E-state index contributed by atoms with van der Waals surface area (Å²) in [7, 11) is -4.20. The Hall–Kier alpha value is -3.50. The Labute approximate surface area is 248 Å². The number of carbonyl (C=O) groups excluding carboxylic acids is 3.